The first-order valence-corrected chi connectivity index (χ1v) is 8.10. The molecule has 0 aliphatic carbocycles. The number of hydrogen-bond donors (Lipinski definition) is 0. The number of quaternary nitrogens is 1. The molecule has 0 aromatic heterocycles. The highest BCUT2D eigenvalue weighted by molar-refractivity contribution is 6.25. The van der Waals surface area contributed by atoms with Gasteiger partial charge in [0.2, 0.25) is 0 Å². The highest BCUT2D eigenvalue weighted by Gasteiger charge is 2.60. The van der Waals surface area contributed by atoms with Crippen LogP contribution in [0.4, 0.5) is 5.69 Å². The monoisotopic (exact) mass is 305 g/mol. The van der Waals surface area contributed by atoms with Crippen molar-refractivity contribution in [1.29, 1.82) is 0 Å². The average molecular weight is 305 g/mol. The Kier molecular flexibility index (Phi) is 2.89. The highest BCUT2D eigenvalue weighted by Crippen LogP contribution is 2.56. The minimum atomic E-state index is 0.147. The van der Waals surface area contributed by atoms with Crippen LogP contribution in [-0.4, -0.2) is 25.0 Å². The van der Waals surface area contributed by atoms with Crippen LogP contribution in [0.5, 0.6) is 0 Å². The van der Waals surface area contributed by atoms with E-state index in [4.69, 9.17) is 0 Å². The molecule has 116 valence electrons. The molecule has 1 atom stereocenters. The Bertz CT molecular complexity index is 879. The Morgan fingerprint density at radius 3 is 2.35 bits per heavy atom. The van der Waals surface area contributed by atoms with Gasteiger partial charge in [0, 0.05) is 31.3 Å². The van der Waals surface area contributed by atoms with Gasteiger partial charge in [0.25, 0.3) is 0 Å². The molecule has 0 saturated heterocycles. The van der Waals surface area contributed by atoms with E-state index in [2.05, 4.69) is 38.1 Å². The Morgan fingerprint density at radius 1 is 1.00 bits per heavy atom. The van der Waals surface area contributed by atoms with Gasteiger partial charge in [0.1, 0.15) is 0 Å². The van der Waals surface area contributed by atoms with Crippen molar-refractivity contribution in [2.45, 2.75) is 20.3 Å². The lowest BCUT2D eigenvalue weighted by Crippen LogP contribution is -2.57. The molecule has 0 spiro atoms. The molecule has 1 unspecified atom stereocenters. The molecule has 0 saturated carbocycles. The van der Waals surface area contributed by atoms with E-state index in [9.17, 15) is 4.79 Å². The molecule has 0 radical (unpaired) electrons. The van der Waals surface area contributed by atoms with Crippen molar-refractivity contribution in [1.82, 2.24) is 9.60 Å². The lowest BCUT2D eigenvalue weighted by atomic mass is 9.97. The molecule has 2 heterocycles. The fourth-order valence-electron chi connectivity index (χ4n) is 4.17. The number of aryl methyl sites for hydroxylation is 1. The summed E-state index contributed by atoms with van der Waals surface area (Å²) in [6.07, 6.45) is 0.918. The van der Waals surface area contributed by atoms with Crippen molar-refractivity contribution in [2.24, 2.45) is 0 Å². The minimum Gasteiger partial charge on any atom is -0.222 e. The van der Waals surface area contributed by atoms with Gasteiger partial charge >= 0.3 is 5.91 Å². The SMILES string of the molecule is CCC1=C2c3ccccc3C(=O)[N+]2(N(C)C)c2ccc(C)cc21. The second-order valence-electron chi connectivity index (χ2n) is 6.53. The largest absolute Gasteiger partial charge is 0.376 e. The van der Waals surface area contributed by atoms with E-state index in [1.165, 1.54) is 16.7 Å². The third-order valence-electron chi connectivity index (χ3n) is 5.10. The molecule has 3 heteroatoms. The normalized spacial score (nSPS) is 21.7. The molecule has 0 N–H and O–H groups in total. The van der Waals surface area contributed by atoms with E-state index >= 15 is 0 Å². The van der Waals surface area contributed by atoms with Gasteiger partial charge < -0.3 is 0 Å². The molecular formula is C20H21N2O+. The number of carbonyl (C=O) groups excluding carboxylic acids is 1. The summed E-state index contributed by atoms with van der Waals surface area (Å²) in [5.41, 5.74) is 7.86. The second kappa shape index (κ2) is 4.63. The maximum absolute atomic E-state index is 13.4. The van der Waals surface area contributed by atoms with Crippen molar-refractivity contribution in [3.63, 3.8) is 0 Å². The van der Waals surface area contributed by atoms with Crippen molar-refractivity contribution in [2.75, 3.05) is 14.1 Å². The summed E-state index contributed by atoms with van der Waals surface area (Å²) in [4.78, 5) is 13.4. The van der Waals surface area contributed by atoms with Crippen LogP contribution in [0.25, 0.3) is 11.3 Å². The predicted octanol–water partition coefficient (Wildman–Crippen LogP) is 4.22. The van der Waals surface area contributed by atoms with Crippen LogP contribution in [0.15, 0.2) is 42.5 Å². The van der Waals surface area contributed by atoms with E-state index in [1.54, 1.807) is 0 Å². The molecule has 23 heavy (non-hydrogen) atoms. The van der Waals surface area contributed by atoms with Crippen LogP contribution >= 0.6 is 0 Å². The maximum atomic E-state index is 13.4. The highest BCUT2D eigenvalue weighted by atomic mass is 16.2. The maximum Gasteiger partial charge on any atom is 0.376 e. The minimum absolute atomic E-state index is 0.147. The summed E-state index contributed by atoms with van der Waals surface area (Å²) in [7, 11) is 3.98. The van der Waals surface area contributed by atoms with Crippen LogP contribution in [-0.2, 0) is 0 Å². The van der Waals surface area contributed by atoms with Crippen molar-refractivity contribution in [3.8, 4) is 0 Å². The van der Waals surface area contributed by atoms with Gasteiger partial charge in [-0.05, 0) is 31.5 Å². The lowest BCUT2D eigenvalue weighted by molar-refractivity contribution is 0.0546. The third-order valence-corrected chi connectivity index (χ3v) is 5.10. The molecule has 2 aliphatic heterocycles. The van der Waals surface area contributed by atoms with Gasteiger partial charge in [-0.2, -0.15) is 0 Å². The quantitative estimate of drug-likeness (QED) is 0.774. The zero-order valence-corrected chi connectivity index (χ0v) is 14.1. The van der Waals surface area contributed by atoms with Crippen molar-refractivity contribution >= 4 is 22.9 Å². The van der Waals surface area contributed by atoms with E-state index in [0.717, 1.165) is 28.9 Å². The summed E-state index contributed by atoms with van der Waals surface area (Å²) in [5, 5.41) is 2.04. The molecule has 2 aliphatic rings. The van der Waals surface area contributed by atoms with E-state index in [-0.39, 0.29) is 10.5 Å². The number of benzene rings is 2. The summed E-state index contributed by atoms with van der Waals surface area (Å²) in [6, 6.07) is 14.5. The van der Waals surface area contributed by atoms with Crippen molar-refractivity contribution in [3.05, 3.63) is 64.7 Å². The summed E-state index contributed by atoms with van der Waals surface area (Å²) < 4.78 is 0.193. The van der Waals surface area contributed by atoms with Crippen molar-refractivity contribution < 1.29 is 4.79 Å². The Hall–Kier alpha value is -2.23. The third kappa shape index (κ3) is 1.54. The average Bonchev–Trinajstić information content (AvgIpc) is 2.97. The van der Waals surface area contributed by atoms with Crippen LogP contribution in [0.3, 0.4) is 0 Å². The fraction of sp³-hybridized carbons (Fsp3) is 0.250. The molecule has 1 amide bonds. The smallest absolute Gasteiger partial charge is 0.222 e. The number of allylic oxidation sites excluding steroid dienone is 1. The van der Waals surface area contributed by atoms with Gasteiger partial charge in [-0.15, -0.1) is 9.60 Å². The zero-order chi connectivity index (χ0) is 16.4. The summed E-state index contributed by atoms with van der Waals surface area (Å²) in [6.45, 7) is 4.28. The van der Waals surface area contributed by atoms with Crippen LogP contribution in [0, 0.1) is 6.92 Å². The lowest BCUT2D eigenvalue weighted by Gasteiger charge is -2.34. The number of amides is 1. The first-order chi connectivity index (χ1) is 11.0. The molecular weight excluding hydrogens is 284 g/mol. The second-order valence-corrected chi connectivity index (χ2v) is 6.53. The number of fused-ring (bicyclic) bond motifs is 5. The zero-order valence-electron chi connectivity index (χ0n) is 14.1. The molecule has 4 rings (SSSR count). The van der Waals surface area contributed by atoms with Crippen LogP contribution in [0.1, 0.15) is 40.4 Å². The first kappa shape index (κ1) is 14.4. The molecule has 3 nitrogen and oxygen atoms in total. The van der Waals surface area contributed by atoms with Gasteiger partial charge in [-0.3, -0.25) is 0 Å². The fourth-order valence-corrected chi connectivity index (χ4v) is 4.17. The number of nitrogens with zero attached hydrogens (tertiary/aromatic N) is 2. The van der Waals surface area contributed by atoms with E-state index in [1.807, 2.05) is 37.3 Å². The first-order valence-electron chi connectivity index (χ1n) is 8.10. The molecule has 0 bridgehead atoms. The van der Waals surface area contributed by atoms with Gasteiger partial charge in [0.05, 0.1) is 11.1 Å². The Balaban J connectivity index is 2.18. The van der Waals surface area contributed by atoms with Gasteiger partial charge in [-0.1, -0.05) is 30.7 Å². The van der Waals surface area contributed by atoms with Crippen LogP contribution < -0.4 is 4.59 Å². The molecule has 2 aromatic carbocycles. The number of rotatable bonds is 2. The van der Waals surface area contributed by atoms with Crippen LogP contribution in [0.2, 0.25) is 0 Å². The Labute approximate surface area is 137 Å². The summed E-state index contributed by atoms with van der Waals surface area (Å²) in [5.74, 6) is 0.147. The Morgan fingerprint density at radius 2 is 1.70 bits per heavy atom. The topological polar surface area (TPSA) is 20.3 Å². The van der Waals surface area contributed by atoms with E-state index in [0.29, 0.717) is 0 Å². The van der Waals surface area contributed by atoms with Gasteiger partial charge in [-0.25, -0.2) is 4.79 Å². The molecule has 2 aromatic rings. The predicted molar refractivity (Wildman–Crippen MR) is 94.5 cm³/mol. The number of hydrogen-bond acceptors (Lipinski definition) is 2. The summed E-state index contributed by atoms with van der Waals surface area (Å²) >= 11 is 0. The van der Waals surface area contributed by atoms with Gasteiger partial charge in [0.15, 0.2) is 11.4 Å². The number of carbonyl (C=O) groups is 1. The standard InChI is InChI=1S/C20H21N2O/c1-5-14-17-12-13(2)10-11-18(17)22(21(3)4)19(14)15-8-6-7-9-16(15)20(22)23/h6-12H,5H2,1-4H3/q+1. The molecule has 0 fully saturated rings. The van der Waals surface area contributed by atoms with E-state index < -0.39 is 0 Å².